The topological polar surface area (TPSA) is 48.1 Å². The summed E-state index contributed by atoms with van der Waals surface area (Å²) >= 11 is 7.39. The van der Waals surface area contributed by atoms with E-state index in [9.17, 15) is 0 Å². The van der Waals surface area contributed by atoms with E-state index in [0.29, 0.717) is 18.2 Å². The van der Waals surface area contributed by atoms with Gasteiger partial charge in [0.05, 0.1) is 5.69 Å². The molecule has 0 unspecified atom stereocenters. The van der Waals surface area contributed by atoms with Gasteiger partial charge in [0.15, 0.2) is 0 Å². The Morgan fingerprint density at radius 1 is 1.44 bits per heavy atom. The zero-order valence-electron chi connectivity index (χ0n) is 8.52. The van der Waals surface area contributed by atoms with Gasteiger partial charge >= 0.3 is 0 Å². The monoisotopic (exact) mass is 254 g/mol. The molecule has 3 nitrogen and oxygen atoms in total. The fourth-order valence-corrected chi connectivity index (χ4v) is 2.11. The van der Waals surface area contributed by atoms with Crippen molar-refractivity contribution in [1.29, 1.82) is 0 Å². The van der Waals surface area contributed by atoms with E-state index in [-0.39, 0.29) is 0 Å². The highest BCUT2D eigenvalue weighted by Crippen LogP contribution is 2.19. The van der Waals surface area contributed by atoms with Crippen molar-refractivity contribution in [3.8, 4) is 5.75 Å². The summed E-state index contributed by atoms with van der Waals surface area (Å²) in [5.74, 6) is 0.747. The number of thiazole rings is 1. The average Bonchev–Trinajstić information content (AvgIpc) is 2.74. The SMILES string of the molecule is NCc1csc(COc2cccc(Cl)c2)n1. The van der Waals surface area contributed by atoms with Crippen molar-refractivity contribution in [2.24, 2.45) is 5.73 Å². The molecule has 16 heavy (non-hydrogen) atoms. The summed E-state index contributed by atoms with van der Waals surface area (Å²) in [5.41, 5.74) is 6.37. The van der Waals surface area contributed by atoms with Gasteiger partial charge in [-0.3, -0.25) is 0 Å². The van der Waals surface area contributed by atoms with E-state index in [0.717, 1.165) is 16.5 Å². The van der Waals surface area contributed by atoms with Gasteiger partial charge in [-0.1, -0.05) is 17.7 Å². The van der Waals surface area contributed by atoms with Crippen LogP contribution in [0, 0.1) is 0 Å². The Hall–Kier alpha value is -1.10. The summed E-state index contributed by atoms with van der Waals surface area (Å²) in [5, 5.41) is 3.52. The third-order valence-electron chi connectivity index (χ3n) is 1.97. The first-order chi connectivity index (χ1) is 7.78. The lowest BCUT2D eigenvalue weighted by Gasteiger charge is -2.03. The first-order valence-corrected chi connectivity index (χ1v) is 6.05. The molecule has 1 aromatic heterocycles. The van der Waals surface area contributed by atoms with Crippen LogP contribution in [0.1, 0.15) is 10.7 Å². The van der Waals surface area contributed by atoms with Crippen molar-refractivity contribution in [3.63, 3.8) is 0 Å². The van der Waals surface area contributed by atoms with E-state index in [2.05, 4.69) is 4.98 Å². The van der Waals surface area contributed by atoms with Gasteiger partial charge in [-0.15, -0.1) is 11.3 Å². The van der Waals surface area contributed by atoms with Gasteiger partial charge in [-0.05, 0) is 18.2 Å². The van der Waals surface area contributed by atoms with Gasteiger partial charge in [0.25, 0.3) is 0 Å². The molecular weight excluding hydrogens is 244 g/mol. The summed E-state index contributed by atoms with van der Waals surface area (Å²) < 4.78 is 5.55. The lowest BCUT2D eigenvalue weighted by molar-refractivity contribution is 0.305. The molecule has 0 amide bonds. The van der Waals surface area contributed by atoms with Crippen molar-refractivity contribution in [3.05, 3.63) is 45.4 Å². The Bertz CT molecular complexity index is 473. The third-order valence-corrected chi connectivity index (χ3v) is 3.07. The van der Waals surface area contributed by atoms with Crippen molar-refractivity contribution >= 4 is 22.9 Å². The van der Waals surface area contributed by atoms with Gasteiger partial charge in [-0.2, -0.15) is 0 Å². The molecule has 0 saturated carbocycles. The molecule has 2 N–H and O–H groups in total. The number of nitrogens with two attached hydrogens (primary N) is 1. The number of rotatable bonds is 4. The zero-order valence-corrected chi connectivity index (χ0v) is 10.1. The second-order valence-electron chi connectivity index (χ2n) is 3.18. The molecule has 0 spiro atoms. The van der Waals surface area contributed by atoms with Crippen LogP contribution < -0.4 is 10.5 Å². The van der Waals surface area contributed by atoms with E-state index in [1.165, 1.54) is 0 Å². The quantitative estimate of drug-likeness (QED) is 0.913. The molecule has 0 radical (unpaired) electrons. The minimum Gasteiger partial charge on any atom is -0.486 e. The maximum absolute atomic E-state index is 5.84. The lowest BCUT2D eigenvalue weighted by atomic mass is 10.3. The molecule has 0 aliphatic rings. The number of nitrogens with zero attached hydrogens (tertiary/aromatic N) is 1. The minimum absolute atomic E-state index is 0.449. The normalized spacial score (nSPS) is 10.4. The number of halogens is 1. The zero-order chi connectivity index (χ0) is 11.4. The number of ether oxygens (including phenoxy) is 1. The largest absolute Gasteiger partial charge is 0.486 e. The van der Waals surface area contributed by atoms with Crippen LogP contribution in [0.4, 0.5) is 0 Å². The first kappa shape index (κ1) is 11.4. The standard InChI is InChI=1S/C11H11ClN2OS/c12-8-2-1-3-10(4-8)15-6-11-14-9(5-13)7-16-11/h1-4,7H,5-6,13H2. The van der Waals surface area contributed by atoms with Gasteiger partial charge in [0.2, 0.25) is 0 Å². The molecule has 2 rings (SSSR count). The number of hydrogen-bond acceptors (Lipinski definition) is 4. The highest BCUT2D eigenvalue weighted by atomic mass is 35.5. The number of hydrogen-bond donors (Lipinski definition) is 1. The fourth-order valence-electron chi connectivity index (χ4n) is 1.21. The fraction of sp³-hybridized carbons (Fsp3) is 0.182. The average molecular weight is 255 g/mol. The van der Waals surface area contributed by atoms with Crippen LogP contribution in [0.2, 0.25) is 5.02 Å². The Balaban J connectivity index is 1.96. The van der Waals surface area contributed by atoms with E-state index >= 15 is 0 Å². The van der Waals surface area contributed by atoms with Crippen molar-refractivity contribution in [2.45, 2.75) is 13.2 Å². The number of aromatic nitrogens is 1. The molecule has 5 heteroatoms. The van der Waals surface area contributed by atoms with Crippen LogP contribution in [0.5, 0.6) is 5.75 Å². The van der Waals surface area contributed by atoms with E-state index < -0.39 is 0 Å². The van der Waals surface area contributed by atoms with Crippen LogP contribution in [0.3, 0.4) is 0 Å². The molecule has 2 aromatic rings. The second kappa shape index (κ2) is 5.30. The molecule has 0 aliphatic carbocycles. The molecule has 1 heterocycles. The predicted octanol–water partition coefficient (Wildman–Crippen LogP) is 2.83. The molecule has 84 valence electrons. The summed E-state index contributed by atoms with van der Waals surface area (Å²) in [7, 11) is 0. The Labute approximate surface area is 103 Å². The van der Waals surface area contributed by atoms with Gasteiger partial charge < -0.3 is 10.5 Å². The summed E-state index contributed by atoms with van der Waals surface area (Å²) in [6.45, 7) is 0.915. The van der Waals surface area contributed by atoms with Crippen LogP contribution in [-0.2, 0) is 13.2 Å². The van der Waals surface area contributed by atoms with Crippen LogP contribution >= 0.6 is 22.9 Å². The van der Waals surface area contributed by atoms with Crippen LogP contribution in [0.25, 0.3) is 0 Å². The van der Waals surface area contributed by atoms with Crippen LogP contribution in [0.15, 0.2) is 29.6 Å². The highest BCUT2D eigenvalue weighted by molar-refractivity contribution is 7.09. The number of benzene rings is 1. The molecule has 0 atom stereocenters. The predicted molar refractivity (Wildman–Crippen MR) is 65.8 cm³/mol. The molecule has 0 saturated heterocycles. The van der Waals surface area contributed by atoms with Crippen LogP contribution in [-0.4, -0.2) is 4.98 Å². The van der Waals surface area contributed by atoms with Crippen molar-refractivity contribution < 1.29 is 4.74 Å². The van der Waals surface area contributed by atoms with E-state index in [1.807, 2.05) is 23.6 Å². The maximum atomic E-state index is 5.84. The summed E-state index contributed by atoms with van der Waals surface area (Å²) in [6.07, 6.45) is 0. The molecule has 0 aliphatic heterocycles. The van der Waals surface area contributed by atoms with E-state index in [1.54, 1.807) is 17.4 Å². The van der Waals surface area contributed by atoms with Crippen molar-refractivity contribution in [1.82, 2.24) is 4.98 Å². The highest BCUT2D eigenvalue weighted by Gasteiger charge is 2.01. The molecule has 0 bridgehead atoms. The van der Waals surface area contributed by atoms with E-state index in [4.69, 9.17) is 22.1 Å². The van der Waals surface area contributed by atoms with Crippen molar-refractivity contribution in [2.75, 3.05) is 0 Å². The Kier molecular flexibility index (Phi) is 3.77. The summed E-state index contributed by atoms with van der Waals surface area (Å²) in [6, 6.07) is 7.30. The molecule has 0 fully saturated rings. The van der Waals surface area contributed by atoms with Gasteiger partial charge in [-0.25, -0.2) is 4.98 Å². The smallest absolute Gasteiger partial charge is 0.140 e. The second-order valence-corrected chi connectivity index (χ2v) is 4.56. The van der Waals surface area contributed by atoms with Gasteiger partial charge in [0.1, 0.15) is 17.4 Å². The maximum Gasteiger partial charge on any atom is 0.140 e. The Morgan fingerprint density at radius 3 is 3.00 bits per heavy atom. The van der Waals surface area contributed by atoms with Gasteiger partial charge in [0, 0.05) is 16.9 Å². The minimum atomic E-state index is 0.449. The molecule has 1 aromatic carbocycles. The third kappa shape index (κ3) is 2.95. The Morgan fingerprint density at radius 2 is 2.31 bits per heavy atom. The lowest BCUT2D eigenvalue weighted by Crippen LogP contribution is -1.98. The first-order valence-electron chi connectivity index (χ1n) is 4.79. The molecular formula is C11H11ClN2OS. The summed E-state index contributed by atoms with van der Waals surface area (Å²) in [4.78, 5) is 4.30.